The van der Waals surface area contributed by atoms with Gasteiger partial charge in [0.25, 0.3) is 0 Å². The summed E-state index contributed by atoms with van der Waals surface area (Å²) in [7, 11) is 1.62. The SMILES string of the molecule is CN=C(N)SC1CCN(c2ccc(Cl)cc2)C1=O. The summed E-state index contributed by atoms with van der Waals surface area (Å²) in [6.45, 7) is 0.703. The second-order valence-electron chi connectivity index (χ2n) is 3.92. The molecule has 96 valence electrons. The second kappa shape index (κ2) is 5.63. The second-order valence-corrected chi connectivity index (χ2v) is 5.58. The Morgan fingerprint density at radius 1 is 1.50 bits per heavy atom. The van der Waals surface area contributed by atoms with Crippen molar-refractivity contribution in [2.75, 3.05) is 18.5 Å². The summed E-state index contributed by atoms with van der Waals surface area (Å²) in [5, 5.41) is 0.981. The van der Waals surface area contributed by atoms with Gasteiger partial charge in [-0.3, -0.25) is 9.79 Å². The van der Waals surface area contributed by atoms with E-state index in [2.05, 4.69) is 4.99 Å². The van der Waals surface area contributed by atoms with E-state index >= 15 is 0 Å². The molecule has 0 aromatic heterocycles. The van der Waals surface area contributed by atoms with Crippen LogP contribution in [0, 0.1) is 0 Å². The monoisotopic (exact) mass is 283 g/mol. The fourth-order valence-corrected chi connectivity index (χ4v) is 2.81. The molecule has 6 heteroatoms. The molecule has 18 heavy (non-hydrogen) atoms. The van der Waals surface area contributed by atoms with Gasteiger partial charge in [-0.05, 0) is 30.7 Å². The van der Waals surface area contributed by atoms with E-state index < -0.39 is 0 Å². The number of halogens is 1. The van der Waals surface area contributed by atoms with E-state index in [1.165, 1.54) is 11.8 Å². The number of amidine groups is 1. The van der Waals surface area contributed by atoms with Gasteiger partial charge in [0.15, 0.2) is 5.17 Å². The lowest BCUT2D eigenvalue weighted by atomic mass is 10.3. The lowest BCUT2D eigenvalue weighted by Gasteiger charge is -2.16. The lowest BCUT2D eigenvalue weighted by molar-refractivity contribution is -0.116. The number of carbonyl (C=O) groups excluding carboxylic acids is 1. The van der Waals surface area contributed by atoms with E-state index in [-0.39, 0.29) is 11.2 Å². The minimum Gasteiger partial charge on any atom is -0.379 e. The first-order valence-electron chi connectivity index (χ1n) is 5.57. The summed E-state index contributed by atoms with van der Waals surface area (Å²) in [5.74, 6) is 0.0777. The van der Waals surface area contributed by atoms with Crippen molar-refractivity contribution in [3.8, 4) is 0 Å². The summed E-state index contributed by atoms with van der Waals surface area (Å²) in [4.78, 5) is 17.8. The summed E-state index contributed by atoms with van der Waals surface area (Å²) >= 11 is 7.16. The van der Waals surface area contributed by atoms with Gasteiger partial charge < -0.3 is 10.6 Å². The van der Waals surface area contributed by atoms with E-state index in [1.807, 2.05) is 12.1 Å². The highest BCUT2D eigenvalue weighted by molar-refractivity contribution is 8.14. The molecular weight excluding hydrogens is 270 g/mol. The minimum absolute atomic E-state index is 0.0777. The zero-order chi connectivity index (χ0) is 13.1. The Labute approximate surface area is 115 Å². The van der Waals surface area contributed by atoms with Crippen LogP contribution in [0.5, 0.6) is 0 Å². The van der Waals surface area contributed by atoms with E-state index in [1.54, 1.807) is 24.1 Å². The highest BCUT2D eigenvalue weighted by Crippen LogP contribution is 2.29. The number of thioether (sulfide) groups is 1. The van der Waals surface area contributed by atoms with Crippen molar-refractivity contribution in [3.05, 3.63) is 29.3 Å². The van der Waals surface area contributed by atoms with Crippen LogP contribution in [0.15, 0.2) is 29.3 Å². The van der Waals surface area contributed by atoms with Crippen LogP contribution >= 0.6 is 23.4 Å². The van der Waals surface area contributed by atoms with Crippen LogP contribution in [0.25, 0.3) is 0 Å². The van der Waals surface area contributed by atoms with Crippen LogP contribution < -0.4 is 10.6 Å². The average molecular weight is 284 g/mol. The molecule has 1 aromatic carbocycles. The number of aliphatic imine (C=N–C) groups is 1. The Morgan fingerprint density at radius 3 is 2.78 bits per heavy atom. The first-order valence-corrected chi connectivity index (χ1v) is 6.83. The number of anilines is 1. The molecule has 1 atom stereocenters. The summed E-state index contributed by atoms with van der Waals surface area (Å²) in [6, 6.07) is 7.27. The molecule has 1 heterocycles. The van der Waals surface area contributed by atoms with Gasteiger partial charge in [-0.15, -0.1) is 0 Å². The Hall–Kier alpha value is -1.20. The van der Waals surface area contributed by atoms with Crippen molar-refractivity contribution < 1.29 is 4.79 Å². The van der Waals surface area contributed by atoms with E-state index in [0.717, 1.165) is 12.1 Å². The van der Waals surface area contributed by atoms with Crippen molar-refractivity contribution in [2.45, 2.75) is 11.7 Å². The predicted molar refractivity (Wildman–Crippen MR) is 77.3 cm³/mol. The summed E-state index contributed by atoms with van der Waals surface area (Å²) in [6.07, 6.45) is 0.780. The van der Waals surface area contributed by atoms with Crippen LogP contribution in [0.1, 0.15) is 6.42 Å². The number of hydrogen-bond acceptors (Lipinski definition) is 3. The van der Waals surface area contributed by atoms with Gasteiger partial charge in [0.1, 0.15) is 0 Å². The third-order valence-corrected chi connectivity index (χ3v) is 4.18. The van der Waals surface area contributed by atoms with Gasteiger partial charge >= 0.3 is 0 Å². The molecule has 1 aliphatic heterocycles. The van der Waals surface area contributed by atoms with Gasteiger partial charge in [0.05, 0.1) is 5.25 Å². The lowest BCUT2D eigenvalue weighted by Crippen LogP contribution is -2.29. The van der Waals surface area contributed by atoms with Gasteiger partial charge in [0.2, 0.25) is 5.91 Å². The van der Waals surface area contributed by atoms with Crippen LogP contribution in [0.3, 0.4) is 0 Å². The molecule has 1 amide bonds. The predicted octanol–water partition coefficient (Wildman–Crippen LogP) is 2.12. The van der Waals surface area contributed by atoms with E-state index in [0.29, 0.717) is 16.7 Å². The van der Waals surface area contributed by atoms with Crippen LogP contribution in [-0.2, 0) is 4.79 Å². The number of nitrogens with two attached hydrogens (primary N) is 1. The maximum Gasteiger partial charge on any atom is 0.240 e. The zero-order valence-electron chi connectivity index (χ0n) is 9.97. The summed E-state index contributed by atoms with van der Waals surface area (Å²) < 4.78 is 0. The van der Waals surface area contributed by atoms with E-state index in [4.69, 9.17) is 17.3 Å². The number of benzene rings is 1. The highest BCUT2D eigenvalue weighted by Gasteiger charge is 2.33. The van der Waals surface area contributed by atoms with Gasteiger partial charge in [-0.2, -0.15) is 0 Å². The molecule has 1 aliphatic rings. The van der Waals surface area contributed by atoms with Crippen molar-refractivity contribution in [2.24, 2.45) is 10.7 Å². The smallest absolute Gasteiger partial charge is 0.240 e. The third-order valence-electron chi connectivity index (χ3n) is 2.78. The first kappa shape index (κ1) is 13.2. The normalized spacial score (nSPS) is 20.6. The Morgan fingerprint density at radius 2 is 2.17 bits per heavy atom. The maximum absolute atomic E-state index is 12.2. The van der Waals surface area contributed by atoms with Crippen LogP contribution in [-0.4, -0.2) is 29.9 Å². The van der Waals surface area contributed by atoms with Gasteiger partial charge in [-0.1, -0.05) is 23.4 Å². The fraction of sp³-hybridized carbons (Fsp3) is 0.333. The standard InChI is InChI=1S/C12H14ClN3OS/c1-15-12(14)18-10-6-7-16(11(10)17)9-4-2-8(13)3-5-9/h2-5,10H,6-7H2,1H3,(H2,14,15). The molecule has 0 radical (unpaired) electrons. The molecule has 2 N–H and O–H groups in total. The Kier molecular flexibility index (Phi) is 4.14. The van der Waals surface area contributed by atoms with E-state index in [9.17, 15) is 4.79 Å². The zero-order valence-corrected chi connectivity index (χ0v) is 11.5. The number of hydrogen-bond donors (Lipinski definition) is 1. The van der Waals surface area contributed by atoms with Crippen LogP contribution in [0.4, 0.5) is 5.69 Å². The Bertz CT molecular complexity index is 475. The number of amides is 1. The largest absolute Gasteiger partial charge is 0.379 e. The molecule has 0 saturated carbocycles. The number of rotatable bonds is 2. The molecule has 2 rings (SSSR count). The molecule has 4 nitrogen and oxygen atoms in total. The molecule has 1 saturated heterocycles. The molecule has 0 bridgehead atoms. The first-order chi connectivity index (χ1) is 8.61. The molecule has 1 unspecified atom stereocenters. The molecule has 0 aliphatic carbocycles. The summed E-state index contributed by atoms with van der Waals surface area (Å²) in [5.41, 5.74) is 6.52. The molecule has 0 spiro atoms. The van der Waals surface area contributed by atoms with Crippen molar-refractivity contribution in [1.29, 1.82) is 0 Å². The molecule has 1 aromatic rings. The van der Waals surface area contributed by atoms with Crippen molar-refractivity contribution >= 4 is 40.1 Å². The Balaban J connectivity index is 2.09. The van der Waals surface area contributed by atoms with Gasteiger partial charge in [-0.25, -0.2) is 0 Å². The minimum atomic E-state index is -0.135. The van der Waals surface area contributed by atoms with Gasteiger partial charge in [0, 0.05) is 24.3 Å². The highest BCUT2D eigenvalue weighted by atomic mass is 35.5. The van der Waals surface area contributed by atoms with Crippen molar-refractivity contribution in [1.82, 2.24) is 0 Å². The quantitative estimate of drug-likeness (QED) is 0.668. The number of nitrogens with zero attached hydrogens (tertiary/aromatic N) is 2. The van der Waals surface area contributed by atoms with Crippen LogP contribution in [0.2, 0.25) is 5.02 Å². The maximum atomic E-state index is 12.2. The topological polar surface area (TPSA) is 58.7 Å². The fourth-order valence-electron chi connectivity index (χ4n) is 1.84. The average Bonchev–Trinajstić information content (AvgIpc) is 2.72. The van der Waals surface area contributed by atoms with Crippen molar-refractivity contribution in [3.63, 3.8) is 0 Å². The molecular formula is C12H14ClN3OS. The third kappa shape index (κ3) is 2.79. The number of carbonyl (C=O) groups is 1. The molecule has 1 fully saturated rings.